The number of hydrogen-bond acceptors (Lipinski definition) is 7. The smallest absolute Gasteiger partial charge is 0.347 e. The molecule has 1 fully saturated rings. The van der Waals surface area contributed by atoms with Crippen LogP contribution in [-0.4, -0.2) is 74.6 Å². The lowest BCUT2D eigenvalue weighted by molar-refractivity contribution is -0.101. The van der Waals surface area contributed by atoms with Gasteiger partial charge in [-0.3, -0.25) is 9.09 Å². The van der Waals surface area contributed by atoms with Gasteiger partial charge in [-0.25, -0.2) is 18.9 Å². The molecule has 1 aliphatic heterocycles. The zero-order valence-corrected chi connectivity index (χ0v) is 24.3. The van der Waals surface area contributed by atoms with Crippen molar-refractivity contribution in [2.75, 3.05) is 34.8 Å². The standard InChI is InChI=1S/C31H33N2O7P/c1-32(2)41(36,33(3)4)40-28-19-26(27(38-28)20-37-30(34)21-12-6-5-7-13-21)39-31(35)29-24-16-10-8-14-22(24)18-23-15-9-11-17-25(23)29/h5-18,26-28H,19-20H2,1-4H3/t26-,27+,28-/m0/s1. The molecular weight excluding hydrogens is 543 g/mol. The molecule has 214 valence electrons. The van der Waals surface area contributed by atoms with Crippen molar-refractivity contribution in [1.29, 1.82) is 0 Å². The van der Waals surface area contributed by atoms with Gasteiger partial charge in [0.25, 0.3) is 0 Å². The number of carbonyl (C=O) groups is 2. The third kappa shape index (κ3) is 6.05. The summed E-state index contributed by atoms with van der Waals surface area (Å²) >= 11 is 0. The minimum Gasteiger partial charge on any atom is -0.459 e. The Kier molecular flexibility index (Phi) is 8.54. The molecule has 0 amide bonds. The molecule has 0 aromatic heterocycles. The molecule has 3 atom stereocenters. The number of benzene rings is 4. The molecule has 1 heterocycles. The van der Waals surface area contributed by atoms with E-state index in [1.165, 1.54) is 9.34 Å². The Morgan fingerprint density at radius 2 is 1.39 bits per heavy atom. The van der Waals surface area contributed by atoms with Crippen molar-refractivity contribution < 1.29 is 32.9 Å². The van der Waals surface area contributed by atoms with Gasteiger partial charge in [0.2, 0.25) is 0 Å². The molecule has 0 saturated carbocycles. The predicted octanol–water partition coefficient (Wildman–Crippen LogP) is 5.74. The fraction of sp³-hybridized carbons (Fsp3) is 0.290. The SMILES string of the molecule is CN(C)P(=O)(O[C@H]1C[C@H](OC(=O)c2c3ccccc3cc3ccccc23)[C@@H](COC(=O)c2ccccc2)O1)N(C)C. The van der Waals surface area contributed by atoms with Gasteiger partial charge in [-0.1, -0.05) is 66.7 Å². The highest BCUT2D eigenvalue weighted by molar-refractivity contribution is 7.53. The average Bonchev–Trinajstić information content (AvgIpc) is 3.34. The van der Waals surface area contributed by atoms with Crippen LogP contribution in [-0.2, 0) is 23.3 Å². The van der Waals surface area contributed by atoms with Gasteiger partial charge in [0.15, 0.2) is 6.29 Å². The Hall–Kier alpha value is -3.59. The van der Waals surface area contributed by atoms with Crippen LogP contribution in [0.15, 0.2) is 84.9 Å². The summed E-state index contributed by atoms with van der Waals surface area (Å²) in [5.41, 5.74) is 0.828. The Balaban J connectivity index is 1.43. The van der Waals surface area contributed by atoms with Gasteiger partial charge < -0.3 is 14.2 Å². The fourth-order valence-corrected chi connectivity index (χ4v) is 6.50. The van der Waals surface area contributed by atoms with Gasteiger partial charge in [-0.05, 0) is 67.9 Å². The molecule has 4 aromatic carbocycles. The first-order chi connectivity index (χ1) is 19.7. The third-order valence-corrected chi connectivity index (χ3v) is 9.59. The molecule has 1 saturated heterocycles. The molecule has 0 aliphatic carbocycles. The molecule has 9 nitrogen and oxygen atoms in total. The summed E-state index contributed by atoms with van der Waals surface area (Å²) < 4.78 is 40.1. The maximum absolute atomic E-state index is 13.8. The Morgan fingerprint density at radius 1 is 0.829 bits per heavy atom. The lowest BCUT2D eigenvalue weighted by Gasteiger charge is -2.31. The summed E-state index contributed by atoms with van der Waals surface area (Å²) in [6.07, 6.45) is -2.52. The lowest BCUT2D eigenvalue weighted by atomic mass is 9.97. The largest absolute Gasteiger partial charge is 0.459 e. The minimum atomic E-state index is -3.42. The van der Waals surface area contributed by atoms with Crippen LogP contribution in [0.4, 0.5) is 0 Å². The Bertz CT molecular complexity index is 1540. The van der Waals surface area contributed by atoms with Crippen molar-refractivity contribution in [3.8, 4) is 0 Å². The van der Waals surface area contributed by atoms with E-state index in [-0.39, 0.29) is 13.0 Å². The number of hydrogen-bond donors (Lipinski definition) is 0. The third-order valence-electron chi connectivity index (χ3n) is 7.05. The monoisotopic (exact) mass is 576 g/mol. The average molecular weight is 577 g/mol. The van der Waals surface area contributed by atoms with Crippen LogP contribution >= 0.6 is 7.67 Å². The molecule has 1 aliphatic rings. The second kappa shape index (κ2) is 12.1. The van der Waals surface area contributed by atoms with Crippen molar-refractivity contribution in [2.45, 2.75) is 24.9 Å². The van der Waals surface area contributed by atoms with Gasteiger partial charge in [0.05, 0.1) is 11.1 Å². The minimum absolute atomic E-state index is 0.105. The summed E-state index contributed by atoms with van der Waals surface area (Å²) in [6.45, 7) is -0.184. The van der Waals surface area contributed by atoms with E-state index in [4.69, 9.17) is 18.7 Å². The maximum Gasteiger partial charge on any atom is 0.347 e. The van der Waals surface area contributed by atoms with Crippen LogP contribution in [0, 0.1) is 0 Å². The summed E-state index contributed by atoms with van der Waals surface area (Å²) in [5.74, 6) is -1.06. The quantitative estimate of drug-likeness (QED) is 0.140. The summed E-state index contributed by atoms with van der Waals surface area (Å²) in [7, 11) is 3.19. The molecule has 0 radical (unpaired) electrons. The molecule has 5 rings (SSSR count). The molecule has 10 heteroatoms. The van der Waals surface area contributed by atoms with Crippen LogP contribution in [0.25, 0.3) is 21.5 Å². The maximum atomic E-state index is 13.8. The van der Waals surface area contributed by atoms with Crippen molar-refractivity contribution in [3.63, 3.8) is 0 Å². The van der Waals surface area contributed by atoms with E-state index in [9.17, 15) is 14.2 Å². The molecular formula is C31H33N2O7P. The van der Waals surface area contributed by atoms with E-state index in [0.717, 1.165) is 21.5 Å². The van der Waals surface area contributed by atoms with Gasteiger partial charge in [0.1, 0.15) is 18.8 Å². The predicted molar refractivity (Wildman–Crippen MR) is 157 cm³/mol. The Labute approximate surface area is 239 Å². The first-order valence-corrected chi connectivity index (χ1v) is 14.8. The Morgan fingerprint density at radius 3 is 1.98 bits per heavy atom. The van der Waals surface area contributed by atoms with Crippen LogP contribution in [0.3, 0.4) is 0 Å². The van der Waals surface area contributed by atoms with Crippen LogP contribution in [0.5, 0.6) is 0 Å². The topological polar surface area (TPSA) is 94.6 Å². The van der Waals surface area contributed by atoms with Crippen molar-refractivity contribution >= 4 is 41.2 Å². The molecule has 0 spiro atoms. The highest BCUT2D eigenvalue weighted by Gasteiger charge is 2.44. The van der Waals surface area contributed by atoms with E-state index >= 15 is 0 Å². The highest BCUT2D eigenvalue weighted by Crippen LogP contribution is 2.53. The molecule has 0 bridgehead atoms. The molecule has 4 aromatic rings. The number of fused-ring (bicyclic) bond motifs is 2. The van der Waals surface area contributed by atoms with E-state index in [1.54, 1.807) is 58.5 Å². The summed E-state index contributed by atoms with van der Waals surface area (Å²) in [6, 6.07) is 25.9. The second-order valence-corrected chi connectivity index (χ2v) is 13.0. The number of nitrogens with zero attached hydrogens (tertiary/aromatic N) is 2. The molecule has 0 N–H and O–H groups in total. The zero-order valence-electron chi connectivity index (χ0n) is 23.4. The molecule has 0 unspecified atom stereocenters. The summed E-state index contributed by atoms with van der Waals surface area (Å²) in [4.78, 5) is 26.5. The number of esters is 2. The second-order valence-electron chi connectivity index (χ2n) is 10.2. The first-order valence-electron chi connectivity index (χ1n) is 13.3. The molecule has 41 heavy (non-hydrogen) atoms. The van der Waals surface area contributed by atoms with Gasteiger partial charge in [-0.15, -0.1) is 0 Å². The van der Waals surface area contributed by atoms with Gasteiger partial charge in [-0.2, -0.15) is 0 Å². The lowest BCUT2D eigenvalue weighted by Crippen LogP contribution is -2.32. The van der Waals surface area contributed by atoms with Crippen LogP contribution < -0.4 is 0 Å². The van der Waals surface area contributed by atoms with Gasteiger partial charge >= 0.3 is 19.6 Å². The van der Waals surface area contributed by atoms with Gasteiger partial charge in [0, 0.05) is 6.42 Å². The van der Waals surface area contributed by atoms with Crippen LogP contribution in [0.2, 0.25) is 0 Å². The van der Waals surface area contributed by atoms with E-state index in [1.807, 2.05) is 54.6 Å². The van der Waals surface area contributed by atoms with E-state index in [0.29, 0.717) is 11.1 Å². The van der Waals surface area contributed by atoms with E-state index in [2.05, 4.69) is 0 Å². The fourth-order valence-electron chi connectivity index (χ4n) is 4.96. The number of rotatable bonds is 9. The number of ether oxygens (including phenoxy) is 3. The highest BCUT2D eigenvalue weighted by atomic mass is 31.2. The van der Waals surface area contributed by atoms with Crippen molar-refractivity contribution in [2.24, 2.45) is 0 Å². The van der Waals surface area contributed by atoms with Crippen molar-refractivity contribution in [1.82, 2.24) is 9.34 Å². The number of carbonyl (C=O) groups excluding carboxylic acids is 2. The normalized spacial score (nSPS) is 19.2. The summed E-state index contributed by atoms with van der Waals surface area (Å²) in [5, 5.41) is 3.35. The van der Waals surface area contributed by atoms with Crippen molar-refractivity contribution in [3.05, 3.63) is 96.1 Å². The zero-order chi connectivity index (χ0) is 29.1. The van der Waals surface area contributed by atoms with E-state index < -0.39 is 38.1 Å². The first kappa shape index (κ1) is 28.9. The van der Waals surface area contributed by atoms with Crippen LogP contribution in [0.1, 0.15) is 27.1 Å².